The number of hydrogen-bond donors (Lipinski definition) is 2. The van der Waals surface area contributed by atoms with E-state index in [2.05, 4.69) is 76.8 Å². The molecule has 0 spiro atoms. The van der Waals surface area contributed by atoms with Crippen LogP contribution in [-0.2, 0) is 11.3 Å². The minimum Gasteiger partial charge on any atom is -0.379 e. The summed E-state index contributed by atoms with van der Waals surface area (Å²) >= 11 is 0. The van der Waals surface area contributed by atoms with Crippen molar-refractivity contribution >= 4 is 16.7 Å². The van der Waals surface area contributed by atoms with Gasteiger partial charge in [-0.25, -0.2) is 0 Å². The van der Waals surface area contributed by atoms with Crippen LogP contribution in [0.5, 0.6) is 0 Å². The summed E-state index contributed by atoms with van der Waals surface area (Å²) in [5.74, 6) is 0.833. The molecule has 1 saturated heterocycles. The molecular formula is C21H30N4O. The minimum absolute atomic E-state index is 0.0599. The second-order valence-corrected chi connectivity index (χ2v) is 7.37. The molecule has 140 valence electrons. The van der Waals surface area contributed by atoms with Crippen molar-refractivity contribution in [3.8, 4) is 0 Å². The maximum atomic E-state index is 5.46. The fraction of sp³-hybridized carbons (Fsp3) is 0.476. The second kappa shape index (κ2) is 8.52. The van der Waals surface area contributed by atoms with Gasteiger partial charge in [0.05, 0.1) is 13.2 Å². The van der Waals surface area contributed by atoms with Crippen molar-refractivity contribution < 1.29 is 4.74 Å². The van der Waals surface area contributed by atoms with Gasteiger partial charge in [0.2, 0.25) is 0 Å². The van der Waals surface area contributed by atoms with Gasteiger partial charge in [0.15, 0.2) is 5.96 Å². The summed E-state index contributed by atoms with van der Waals surface area (Å²) in [4.78, 5) is 6.84. The predicted molar refractivity (Wildman–Crippen MR) is 109 cm³/mol. The van der Waals surface area contributed by atoms with E-state index in [0.29, 0.717) is 0 Å². The fourth-order valence-corrected chi connectivity index (χ4v) is 3.34. The van der Waals surface area contributed by atoms with Gasteiger partial charge in [-0.05, 0) is 36.2 Å². The molecule has 0 radical (unpaired) electrons. The Morgan fingerprint density at radius 2 is 1.81 bits per heavy atom. The topological polar surface area (TPSA) is 48.9 Å². The highest BCUT2D eigenvalue weighted by molar-refractivity contribution is 5.83. The summed E-state index contributed by atoms with van der Waals surface area (Å²) in [5.41, 5.74) is 1.31. The number of rotatable bonds is 5. The molecule has 2 aromatic carbocycles. The van der Waals surface area contributed by atoms with Gasteiger partial charge in [0, 0.05) is 38.8 Å². The number of hydrogen-bond acceptors (Lipinski definition) is 3. The number of nitrogens with zero attached hydrogens (tertiary/aromatic N) is 2. The van der Waals surface area contributed by atoms with Crippen LogP contribution >= 0.6 is 0 Å². The first-order chi connectivity index (χ1) is 12.6. The summed E-state index contributed by atoms with van der Waals surface area (Å²) in [6.45, 7) is 9.73. The van der Waals surface area contributed by atoms with Crippen LogP contribution in [0.4, 0.5) is 0 Å². The van der Waals surface area contributed by atoms with Crippen LogP contribution in [0.3, 0.4) is 0 Å². The Labute approximate surface area is 156 Å². The Kier molecular flexibility index (Phi) is 6.12. The quantitative estimate of drug-likeness (QED) is 0.640. The molecule has 0 unspecified atom stereocenters. The fourth-order valence-electron chi connectivity index (χ4n) is 3.34. The Morgan fingerprint density at radius 3 is 2.54 bits per heavy atom. The normalized spacial score (nSPS) is 16.7. The average Bonchev–Trinajstić information content (AvgIpc) is 2.68. The lowest BCUT2D eigenvalue weighted by atomic mass is 10.0. The highest BCUT2D eigenvalue weighted by Gasteiger charge is 2.28. The van der Waals surface area contributed by atoms with Gasteiger partial charge in [0.25, 0.3) is 0 Å². The summed E-state index contributed by atoms with van der Waals surface area (Å²) in [6.07, 6.45) is 0. The molecule has 0 bridgehead atoms. The van der Waals surface area contributed by atoms with Gasteiger partial charge in [-0.2, -0.15) is 0 Å². The zero-order valence-corrected chi connectivity index (χ0v) is 16.1. The first-order valence-corrected chi connectivity index (χ1v) is 9.33. The first-order valence-electron chi connectivity index (χ1n) is 9.33. The van der Waals surface area contributed by atoms with Crippen LogP contribution < -0.4 is 10.6 Å². The minimum atomic E-state index is 0.0599. The highest BCUT2D eigenvalue weighted by atomic mass is 16.5. The van der Waals surface area contributed by atoms with Gasteiger partial charge in [-0.1, -0.05) is 36.4 Å². The molecule has 1 aliphatic rings. The second-order valence-electron chi connectivity index (χ2n) is 7.37. The number of aliphatic imine (C=N–C) groups is 1. The van der Waals surface area contributed by atoms with E-state index < -0.39 is 0 Å². The largest absolute Gasteiger partial charge is 0.379 e. The smallest absolute Gasteiger partial charge is 0.191 e. The number of ether oxygens (including phenoxy) is 1. The van der Waals surface area contributed by atoms with Gasteiger partial charge >= 0.3 is 0 Å². The molecule has 2 N–H and O–H groups in total. The number of nitrogens with one attached hydrogen (secondary N) is 2. The molecule has 0 saturated carbocycles. The van der Waals surface area contributed by atoms with Crippen molar-refractivity contribution in [1.82, 2.24) is 15.5 Å². The van der Waals surface area contributed by atoms with Crippen LogP contribution in [0.2, 0.25) is 0 Å². The maximum absolute atomic E-state index is 5.46. The Bertz CT molecular complexity index is 751. The van der Waals surface area contributed by atoms with Gasteiger partial charge in [-0.3, -0.25) is 9.89 Å². The van der Waals surface area contributed by atoms with E-state index in [1.165, 1.54) is 16.3 Å². The molecule has 0 aromatic heterocycles. The highest BCUT2D eigenvalue weighted by Crippen LogP contribution is 2.16. The molecule has 1 aliphatic heterocycles. The van der Waals surface area contributed by atoms with E-state index in [1.807, 2.05) is 7.05 Å². The molecule has 0 amide bonds. The molecule has 1 fully saturated rings. The molecule has 0 atom stereocenters. The van der Waals surface area contributed by atoms with Gasteiger partial charge in [0.1, 0.15) is 0 Å². The van der Waals surface area contributed by atoms with Crippen LogP contribution in [0.1, 0.15) is 19.4 Å². The van der Waals surface area contributed by atoms with Crippen LogP contribution in [-0.4, -0.2) is 56.3 Å². The molecule has 1 heterocycles. The third-order valence-electron chi connectivity index (χ3n) is 5.05. The van der Waals surface area contributed by atoms with Crippen molar-refractivity contribution in [3.63, 3.8) is 0 Å². The van der Waals surface area contributed by atoms with Crippen molar-refractivity contribution in [2.75, 3.05) is 39.9 Å². The van der Waals surface area contributed by atoms with Crippen molar-refractivity contribution in [2.45, 2.75) is 25.9 Å². The number of fused-ring (bicyclic) bond motifs is 1. The van der Waals surface area contributed by atoms with Crippen LogP contribution in [0.25, 0.3) is 10.8 Å². The summed E-state index contributed by atoms with van der Waals surface area (Å²) in [5, 5.41) is 9.43. The lowest BCUT2D eigenvalue weighted by Gasteiger charge is -2.41. The van der Waals surface area contributed by atoms with E-state index in [-0.39, 0.29) is 5.54 Å². The zero-order chi connectivity index (χ0) is 18.4. The maximum Gasteiger partial charge on any atom is 0.191 e. The Balaban J connectivity index is 1.53. The molecule has 0 aliphatic carbocycles. The lowest BCUT2D eigenvalue weighted by molar-refractivity contribution is -0.00834. The third kappa shape index (κ3) is 4.74. The van der Waals surface area contributed by atoms with Crippen LogP contribution in [0.15, 0.2) is 47.5 Å². The molecule has 5 heteroatoms. The van der Waals surface area contributed by atoms with E-state index in [0.717, 1.165) is 45.4 Å². The van der Waals surface area contributed by atoms with Crippen molar-refractivity contribution in [1.29, 1.82) is 0 Å². The van der Waals surface area contributed by atoms with E-state index >= 15 is 0 Å². The molecular weight excluding hydrogens is 324 g/mol. The zero-order valence-electron chi connectivity index (χ0n) is 16.1. The van der Waals surface area contributed by atoms with Gasteiger partial charge in [-0.15, -0.1) is 0 Å². The van der Waals surface area contributed by atoms with E-state index in [1.54, 1.807) is 0 Å². The standard InChI is InChI=1S/C21H30N4O/c1-21(2,25-10-12-26-13-11-25)16-24-20(22-3)23-15-17-8-9-18-6-4-5-7-19(18)14-17/h4-9,14H,10-13,15-16H2,1-3H3,(H2,22,23,24). The summed E-state index contributed by atoms with van der Waals surface area (Å²) in [6, 6.07) is 15.0. The summed E-state index contributed by atoms with van der Waals surface area (Å²) in [7, 11) is 1.82. The average molecular weight is 354 g/mol. The predicted octanol–water partition coefficient (Wildman–Crippen LogP) is 2.62. The lowest BCUT2D eigenvalue weighted by Crippen LogP contribution is -2.56. The van der Waals surface area contributed by atoms with Crippen molar-refractivity contribution in [2.24, 2.45) is 4.99 Å². The Hall–Kier alpha value is -2.11. The SMILES string of the molecule is CN=C(NCc1ccc2ccccc2c1)NCC(C)(C)N1CCOCC1. The monoisotopic (exact) mass is 354 g/mol. The number of morpholine rings is 1. The third-order valence-corrected chi connectivity index (χ3v) is 5.05. The number of guanidine groups is 1. The van der Waals surface area contributed by atoms with Crippen LogP contribution in [0, 0.1) is 0 Å². The van der Waals surface area contributed by atoms with Crippen molar-refractivity contribution in [3.05, 3.63) is 48.0 Å². The molecule has 5 nitrogen and oxygen atoms in total. The molecule has 26 heavy (non-hydrogen) atoms. The Morgan fingerprint density at radius 1 is 1.08 bits per heavy atom. The van der Waals surface area contributed by atoms with E-state index in [4.69, 9.17) is 4.74 Å². The van der Waals surface area contributed by atoms with Gasteiger partial charge < -0.3 is 15.4 Å². The molecule has 3 rings (SSSR count). The van der Waals surface area contributed by atoms with E-state index in [9.17, 15) is 0 Å². The first kappa shape index (κ1) is 18.7. The number of benzene rings is 2. The summed E-state index contributed by atoms with van der Waals surface area (Å²) < 4.78 is 5.46. The molecule has 2 aromatic rings.